The molecule has 5 nitrogen and oxygen atoms in total. The van der Waals surface area contributed by atoms with Crippen molar-refractivity contribution in [3.63, 3.8) is 0 Å². The van der Waals surface area contributed by atoms with E-state index in [4.69, 9.17) is 26.2 Å². The van der Waals surface area contributed by atoms with E-state index in [1.54, 1.807) is 18.2 Å². The molecule has 0 amide bonds. The van der Waals surface area contributed by atoms with Crippen molar-refractivity contribution in [1.29, 1.82) is 0 Å². The highest BCUT2D eigenvalue weighted by Crippen LogP contribution is 2.43. The number of rotatable bonds is 7. The van der Waals surface area contributed by atoms with Crippen LogP contribution in [-0.4, -0.2) is 22.8 Å². The molecule has 0 spiro atoms. The number of halogens is 1. The highest BCUT2D eigenvalue weighted by molar-refractivity contribution is 6.31. The van der Waals surface area contributed by atoms with Crippen molar-refractivity contribution in [2.24, 2.45) is 5.92 Å². The zero-order valence-electron chi connectivity index (χ0n) is 15.3. The minimum Gasteiger partial charge on any atom is -0.508 e. The molecule has 148 valence electrons. The number of benzene rings is 2. The second-order valence-electron chi connectivity index (χ2n) is 6.70. The van der Waals surface area contributed by atoms with Gasteiger partial charge in [-0.25, -0.2) is 0 Å². The van der Waals surface area contributed by atoms with Gasteiger partial charge in [-0.2, -0.15) is 0 Å². The number of ether oxygens (including phenoxy) is 2. The molecular weight excluding hydrogens is 380 g/mol. The fraction of sp³-hybridized carbons (Fsp3) is 0.318. The molecule has 1 heterocycles. The van der Waals surface area contributed by atoms with Gasteiger partial charge in [-0.15, -0.1) is 0 Å². The Bertz CT molecular complexity index is 835. The smallest absolute Gasteiger partial charge is 0.303 e. The fourth-order valence-corrected chi connectivity index (χ4v) is 3.48. The summed E-state index contributed by atoms with van der Waals surface area (Å²) in [6, 6.07) is 14.5. The average Bonchev–Trinajstić information content (AvgIpc) is 2.68. The Labute approximate surface area is 169 Å². The Morgan fingerprint density at radius 3 is 2.54 bits per heavy atom. The Morgan fingerprint density at radius 1 is 1.11 bits per heavy atom. The second kappa shape index (κ2) is 9.73. The number of aromatic hydroxyl groups is 1. The van der Waals surface area contributed by atoms with Crippen molar-refractivity contribution >= 4 is 17.6 Å². The lowest BCUT2D eigenvalue weighted by atomic mass is 9.91. The maximum absolute atomic E-state index is 10.6. The summed E-state index contributed by atoms with van der Waals surface area (Å²) in [5, 5.41) is 19.6. The minimum absolute atomic E-state index is 0.0203. The molecule has 1 fully saturated rings. The molecule has 1 aliphatic rings. The van der Waals surface area contributed by atoms with Crippen LogP contribution in [0.4, 0.5) is 0 Å². The van der Waals surface area contributed by atoms with Crippen molar-refractivity contribution in [3.8, 4) is 5.75 Å². The molecule has 2 unspecified atom stereocenters. The average molecular weight is 403 g/mol. The standard InChI is InChI=1S/C22H23ClO5/c23-18-11-6-4-9-16(18)22-27-14-15(8-2-1-3-13-20(25)26)21(28-22)17-10-5-7-12-19(17)24/h1-2,4-7,9-12,15,21-22,24H,3,8,13-14H2,(H,25,26)/b2-1-/t15-,21?,22?/m1/s1. The van der Waals surface area contributed by atoms with Crippen LogP contribution in [-0.2, 0) is 14.3 Å². The number of para-hydroxylation sites is 1. The summed E-state index contributed by atoms with van der Waals surface area (Å²) in [5.41, 5.74) is 1.45. The molecule has 0 saturated carbocycles. The van der Waals surface area contributed by atoms with Crippen molar-refractivity contribution in [2.45, 2.75) is 31.7 Å². The van der Waals surface area contributed by atoms with Crippen LogP contribution in [0.2, 0.25) is 5.02 Å². The maximum atomic E-state index is 10.6. The van der Waals surface area contributed by atoms with Gasteiger partial charge in [0.15, 0.2) is 6.29 Å². The van der Waals surface area contributed by atoms with E-state index in [2.05, 4.69) is 0 Å². The van der Waals surface area contributed by atoms with Crippen LogP contribution < -0.4 is 0 Å². The van der Waals surface area contributed by atoms with Crippen LogP contribution in [0, 0.1) is 5.92 Å². The van der Waals surface area contributed by atoms with Gasteiger partial charge in [-0.05, 0) is 25.0 Å². The van der Waals surface area contributed by atoms with E-state index in [9.17, 15) is 9.90 Å². The molecule has 1 saturated heterocycles. The largest absolute Gasteiger partial charge is 0.508 e. The van der Waals surface area contributed by atoms with E-state index in [-0.39, 0.29) is 24.2 Å². The molecule has 3 rings (SSSR count). The first kappa shape index (κ1) is 20.4. The summed E-state index contributed by atoms with van der Waals surface area (Å²) in [4.78, 5) is 10.6. The number of phenolic OH excluding ortho intramolecular Hbond substituents is 1. The van der Waals surface area contributed by atoms with Gasteiger partial charge in [0.2, 0.25) is 0 Å². The first-order valence-corrected chi connectivity index (χ1v) is 9.60. The van der Waals surface area contributed by atoms with Gasteiger partial charge in [0.25, 0.3) is 0 Å². The molecule has 2 aromatic rings. The summed E-state index contributed by atoms with van der Waals surface area (Å²) >= 11 is 6.29. The van der Waals surface area contributed by atoms with Crippen LogP contribution >= 0.6 is 11.6 Å². The van der Waals surface area contributed by atoms with Crippen LogP contribution in [0.25, 0.3) is 0 Å². The summed E-state index contributed by atoms with van der Waals surface area (Å²) in [6.45, 7) is 0.429. The number of carboxylic acids is 1. The zero-order chi connectivity index (χ0) is 19.9. The highest BCUT2D eigenvalue weighted by atomic mass is 35.5. The predicted molar refractivity (Wildman–Crippen MR) is 106 cm³/mol. The Hall–Kier alpha value is -2.34. The Morgan fingerprint density at radius 2 is 1.82 bits per heavy atom. The number of allylic oxidation sites excluding steroid dienone is 2. The molecular formula is C22H23ClO5. The summed E-state index contributed by atoms with van der Waals surface area (Å²) in [5.74, 6) is -0.663. The Balaban J connectivity index is 1.77. The normalized spacial score (nSPS) is 22.4. The van der Waals surface area contributed by atoms with Crippen LogP contribution in [0.3, 0.4) is 0 Å². The van der Waals surface area contributed by atoms with Crippen molar-refractivity contribution in [2.75, 3.05) is 6.61 Å². The van der Waals surface area contributed by atoms with Gasteiger partial charge in [0.1, 0.15) is 5.75 Å². The zero-order valence-corrected chi connectivity index (χ0v) is 16.1. The first-order chi connectivity index (χ1) is 13.6. The number of aliphatic carboxylic acids is 1. The monoisotopic (exact) mass is 402 g/mol. The van der Waals surface area contributed by atoms with Gasteiger partial charge in [-0.3, -0.25) is 4.79 Å². The molecule has 0 aromatic heterocycles. The third-order valence-corrected chi connectivity index (χ3v) is 5.04. The minimum atomic E-state index is -0.816. The number of phenols is 1. The molecule has 28 heavy (non-hydrogen) atoms. The van der Waals surface area contributed by atoms with Gasteiger partial charge >= 0.3 is 5.97 Å². The van der Waals surface area contributed by atoms with E-state index in [1.165, 1.54) is 0 Å². The number of carboxylic acid groups (broad SMARTS) is 1. The molecule has 0 bridgehead atoms. The van der Waals surface area contributed by atoms with Crippen LogP contribution in [0.15, 0.2) is 60.7 Å². The second-order valence-corrected chi connectivity index (χ2v) is 7.11. The van der Waals surface area contributed by atoms with E-state index >= 15 is 0 Å². The van der Waals surface area contributed by atoms with Gasteiger partial charge in [0, 0.05) is 28.5 Å². The van der Waals surface area contributed by atoms with Crippen molar-refractivity contribution in [1.82, 2.24) is 0 Å². The third-order valence-electron chi connectivity index (χ3n) is 4.69. The predicted octanol–water partition coefficient (Wildman–Crippen LogP) is 5.26. The summed E-state index contributed by atoms with van der Waals surface area (Å²) in [7, 11) is 0. The molecule has 0 aliphatic carbocycles. The first-order valence-electron chi connectivity index (χ1n) is 9.22. The quantitative estimate of drug-likeness (QED) is 0.618. The lowest BCUT2D eigenvalue weighted by molar-refractivity contribution is -0.244. The number of carbonyl (C=O) groups is 1. The van der Waals surface area contributed by atoms with Crippen molar-refractivity contribution < 1.29 is 24.5 Å². The molecule has 2 aromatic carbocycles. The third kappa shape index (κ3) is 5.13. The summed E-state index contributed by atoms with van der Waals surface area (Å²) < 4.78 is 12.2. The molecule has 6 heteroatoms. The topological polar surface area (TPSA) is 76.0 Å². The molecule has 2 N–H and O–H groups in total. The van der Waals surface area contributed by atoms with E-state index in [0.29, 0.717) is 30.0 Å². The molecule has 1 aliphatic heterocycles. The maximum Gasteiger partial charge on any atom is 0.303 e. The van der Waals surface area contributed by atoms with Crippen molar-refractivity contribution in [3.05, 3.63) is 76.8 Å². The van der Waals surface area contributed by atoms with E-state index in [0.717, 1.165) is 5.56 Å². The van der Waals surface area contributed by atoms with Gasteiger partial charge < -0.3 is 19.7 Å². The summed E-state index contributed by atoms with van der Waals surface area (Å²) in [6.07, 6.45) is 4.04. The highest BCUT2D eigenvalue weighted by Gasteiger charge is 2.35. The molecule has 0 radical (unpaired) electrons. The lowest BCUT2D eigenvalue weighted by Gasteiger charge is -2.37. The van der Waals surface area contributed by atoms with Crippen LogP contribution in [0.1, 0.15) is 42.8 Å². The van der Waals surface area contributed by atoms with Crippen LogP contribution in [0.5, 0.6) is 5.75 Å². The Kier molecular flexibility index (Phi) is 7.09. The van der Waals surface area contributed by atoms with E-state index in [1.807, 2.05) is 42.5 Å². The fourth-order valence-electron chi connectivity index (χ4n) is 3.25. The SMILES string of the molecule is O=C(O)CC/C=C\C[C@@H]1COC(c2ccccc2Cl)OC1c1ccccc1O. The van der Waals surface area contributed by atoms with Gasteiger partial charge in [-0.1, -0.05) is 60.2 Å². The molecule has 3 atom stereocenters. The number of hydrogen-bond donors (Lipinski definition) is 2. The van der Waals surface area contributed by atoms with Gasteiger partial charge in [0.05, 0.1) is 12.7 Å². The number of hydrogen-bond acceptors (Lipinski definition) is 4. The van der Waals surface area contributed by atoms with E-state index < -0.39 is 12.3 Å². The lowest BCUT2D eigenvalue weighted by Crippen LogP contribution is -2.30.